The van der Waals surface area contributed by atoms with Crippen molar-refractivity contribution < 1.29 is 5.11 Å². The predicted octanol–water partition coefficient (Wildman–Crippen LogP) is 2.28. The fourth-order valence-electron chi connectivity index (χ4n) is 3.40. The molecule has 0 bridgehead atoms. The lowest BCUT2D eigenvalue weighted by molar-refractivity contribution is 0.365. The molecule has 1 aliphatic heterocycles. The van der Waals surface area contributed by atoms with E-state index in [0.717, 1.165) is 24.2 Å². The number of hydrogen-bond acceptors (Lipinski definition) is 5. The van der Waals surface area contributed by atoms with Crippen molar-refractivity contribution in [3.05, 3.63) is 46.1 Å². The number of rotatable bonds is 2. The van der Waals surface area contributed by atoms with Gasteiger partial charge in [0.2, 0.25) is 5.75 Å². The van der Waals surface area contributed by atoms with Crippen LogP contribution >= 0.6 is 0 Å². The Morgan fingerprint density at radius 3 is 2.74 bits per heavy atom. The fourth-order valence-corrected chi connectivity index (χ4v) is 3.40. The highest BCUT2D eigenvalue weighted by Crippen LogP contribution is 2.45. The third-order valence-corrected chi connectivity index (χ3v) is 4.94. The van der Waals surface area contributed by atoms with Crippen LogP contribution in [0.3, 0.4) is 0 Å². The molecular weight excluding hydrogens is 292 g/mol. The first-order chi connectivity index (χ1) is 11.1. The van der Waals surface area contributed by atoms with Gasteiger partial charge in [0.25, 0.3) is 5.56 Å². The lowest BCUT2D eigenvalue weighted by atomic mass is 9.91. The average Bonchev–Trinajstić information content (AvgIpc) is 2.87. The summed E-state index contributed by atoms with van der Waals surface area (Å²) in [5.74, 6) is 0.357. The number of nitrogens with one attached hydrogen (secondary N) is 1. The van der Waals surface area contributed by atoms with Crippen LogP contribution in [0.2, 0.25) is 0 Å². The third-order valence-electron chi connectivity index (χ3n) is 4.94. The Kier molecular flexibility index (Phi) is 3.07. The maximum absolute atomic E-state index is 12.2. The second-order valence-electron chi connectivity index (χ2n) is 6.32. The zero-order chi connectivity index (χ0) is 16.1. The zero-order valence-electron chi connectivity index (χ0n) is 13.3. The molecule has 4 rings (SSSR count). The topological polar surface area (TPSA) is 70.4 Å². The van der Waals surface area contributed by atoms with Crippen molar-refractivity contribution >= 4 is 11.4 Å². The van der Waals surface area contributed by atoms with Gasteiger partial charge >= 0.3 is 0 Å². The summed E-state index contributed by atoms with van der Waals surface area (Å²) in [5.41, 5.74) is 2.18. The zero-order valence-corrected chi connectivity index (χ0v) is 13.3. The van der Waals surface area contributed by atoms with Crippen molar-refractivity contribution in [3.8, 4) is 5.75 Å². The van der Waals surface area contributed by atoms with Crippen molar-refractivity contribution in [2.24, 2.45) is 7.05 Å². The van der Waals surface area contributed by atoms with E-state index in [2.05, 4.69) is 21.3 Å². The number of fused-ring (bicyclic) bond motifs is 1. The maximum Gasteiger partial charge on any atom is 0.295 e. The monoisotopic (exact) mass is 312 g/mol. The molecule has 2 N–H and O–H groups in total. The van der Waals surface area contributed by atoms with Gasteiger partial charge in [-0.2, -0.15) is 0 Å². The van der Waals surface area contributed by atoms with E-state index >= 15 is 0 Å². The largest absolute Gasteiger partial charge is 0.502 e. The molecule has 1 fully saturated rings. The molecule has 1 aliphatic carbocycles. The molecule has 6 nitrogen and oxygen atoms in total. The number of para-hydroxylation sites is 2. The first-order valence-electron chi connectivity index (χ1n) is 7.98. The average molecular weight is 312 g/mol. The normalized spacial score (nSPS) is 20.1. The van der Waals surface area contributed by atoms with Crippen LogP contribution in [0.5, 0.6) is 5.75 Å². The van der Waals surface area contributed by atoms with Crippen molar-refractivity contribution in [2.45, 2.75) is 38.4 Å². The number of nitrogens with zero attached hydrogens (tertiary/aromatic N) is 3. The number of anilines is 2. The van der Waals surface area contributed by atoms with Crippen LogP contribution in [0.4, 0.5) is 11.4 Å². The molecule has 2 heterocycles. The molecule has 2 aliphatic rings. The number of benzene rings is 1. The smallest absolute Gasteiger partial charge is 0.295 e. The van der Waals surface area contributed by atoms with Gasteiger partial charge in [-0.05, 0) is 38.3 Å². The summed E-state index contributed by atoms with van der Waals surface area (Å²) in [4.78, 5) is 19.1. The Morgan fingerprint density at radius 1 is 1.30 bits per heavy atom. The molecule has 1 atom stereocenters. The van der Waals surface area contributed by atoms with Crippen LogP contribution in [0.15, 0.2) is 29.1 Å². The molecule has 2 aromatic rings. The summed E-state index contributed by atoms with van der Waals surface area (Å²) in [6, 6.07) is 8.64. The standard InChI is InChI=1S/C17H20N4O2/c1-10-14(22)17(23)20(2)15(18-10)16-19-12-8-3-4-9-13(12)21(16)11-6-5-7-11/h3-4,8-9,11,16,19,22H,5-7H2,1-2H3. The van der Waals surface area contributed by atoms with Gasteiger partial charge in [0.1, 0.15) is 0 Å². The highest BCUT2D eigenvalue weighted by atomic mass is 16.3. The minimum Gasteiger partial charge on any atom is -0.502 e. The van der Waals surface area contributed by atoms with E-state index in [4.69, 9.17) is 0 Å². The molecule has 120 valence electrons. The minimum absolute atomic E-state index is 0.185. The first-order valence-corrected chi connectivity index (χ1v) is 7.98. The summed E-state index contributed by atoms with van der Waals surface area (Å²) in [6.07, 6.45) is 3.35. The summed E-state index contributed by atoms with van der Waals surface area (Å²) in [7, 11) is 1.66. The summed E-state index contributed by atoms with van der Waals surface area (Å²) in [5, 5.41) is 13.3. The van der Waals surface area contributed by atoms with E-state index in [1.807, 2.05) is 18.2 Å². The van der Waals surface area contributed by atoms with Gasteiger partial charge in [-0.25, -0.2) is 4.98 Å². The van der Waals surface area contributed by atoms with Crippen molar-refractivity contribution in [1.82, 2.24) is 9.55 Å². The van der Waals surface area contributed by atoms with Crippen molar-refractivity contribution in [3.63, 3.8) is 0 Å². The lowest BCUT2D eigenvalue weighted by Gasteiger charge is -2.40. The third kappa shape index (κ3) is 2.01. The van der Waals surface area contributed by atoms with Gasteiger partial charge in [-0.3, -0.25) is 9.36 Å². The van der Waals surface area contributed by atoms with Gasteiger partial charge in [-0.1, -0.05) is 12.1 Å². The van der Waals surface area contributed by atoms with E-state index in [1.165, 1.54) is 11.0 Å². The lowest BCUT2D eigenvalue weighted by Crippen LogP contribution is -2.44. The van der Waals surface area contributed by atoms with Gasteiger partial charge in [0, 0.05) is 13.1 Å². The molecular formula is C17H20N4O2. The molecule has 0 amide bonds. The van der Waals surface area contributed by atoms with E-state index in [0.29, 0.717) is 17.6 Å². The van der Waals surface area contributed by atoms with Gasteiger partial charge in [0.15, 0.2) is 12.0 Å². The molecule has 1 aromatic heterocycles. The molecule has 23 heavy (non-hydrogen) atoms. The van der Waals surface area contributed by atoms with E-state index in [-0.39, 0.29) is 11.9 Å². The molecule has 1 saturated carbocycles. The molecule has 1 aromatic carbocycles. The SMILES string of the molecule is Cc1nc(C2Nc3ccccc3N2C2CCC2)n(C)c(=O)c1O. The Labute approximate surface area is 134 Å². The highest BCUT2D eigenvalue weighted by molar-refractivity contribution is 5.76. The number of aromatic hydroxyl groups is 1. The number of hydrogen-bond donors (Lipinski definition) is 2. The summed E-state index contributed by atoms with van der Waals surface area (Å²) in [6.45, 7) is 1.66. The summed E-state index contributed by atoms with van der Waals surface area (Å²) >= 11 is 0. The molecule has 6 heteroatoms. The van der Waals surface area contributed by atoms with Crippen molar-refractivity contribution in [1.29, 1.82) is 0 Å². The predicted molar refractivity (Wildman–Crippen MR) is 88.8 cm³/mol. The highest BCUT2D eigenvalue weighted by Gasteiger charge is 2.39. The minimum atomic E-state index is -0.404. The summed E-state index contributed by atoms with van der Waals surface area (Å²) < 4.78 is 1.44. The van der Waals surface area contributed by atoms with Crippen LogP contribution in [0, 0.1) is 6.92 Å². The van der Waals surface area contributed by atoms with E-state index in [9.17, 15) is 9.90 Å². The molecule has 0 saturated heterocycles. The van der Waals surface area contributed by atoms with Crippen LogP contribution in [0.1, 0.15) is 36.9 Å². The maximum atomic E-state index is 12.2. The fraction of sp³-hybridized carbons (Fsp3) is 0.412. The Hall–Kier alpha value is -2.50. The molecule has 0 spiro atoms. The van der Waals surface area contributed by atoms with Gasteiger partial charge in [0.05, 0.1) is 17.1 Å². The van der Waals surface area contributed by atoms with Crippen LogP contribution in [-0.4, -0.2) is 20.7 Å². The van der Waals surface area contributed by atoms with E-state index < -0.39 is 5.56 Å². The quantitative estimate of drug-likeness (QED) is 0.890. The Balaban J connectivity index is 1.84. The van der Waals surface area contributed by atoms with Crippen LogP contribution < -0.4 is 15.8 Å². The van der Waals surface area contributed by atoms with Crippen molar-refractivity contribution in [2.75, 3.05) is 10.2 Å². The molecule has 0 radical (unpaired) electrons. The first kappa shape index (κ1) is 14.1. The van der Waals surface area contributed by atoms with Gasteiger partial charge < -0.3 is 15.3 Å². The van der Waals surface area contributed by atoms with Gasteiger partial charge in [-0.15, -0.1) is 0 Å². The van der Waals surface area contributed by atoms with Crippen LogP contribution in [0.25, 0.3) is 0 Å². The Bertz CT molecular complexity index is 826. The Morgan fingerprint density at radius 2 is 2.04 bits per heavy atom. The van der Waals surface area contributed by atoms with Crippen LogP contribution in [-0.2, 0) is 7.05 Å². The van der Waals surface area contributed by atoms with E-state index in [1.54, 1.807) is 14.0 Å². The molecule has 1 unspecified atom stereocenters. The number of aromatic nitrogens is 2. The number of aryl methyl sites for hydroxylation is 1. The second-order valence-corrected chi connectivity index (χ2v) is 6.32. The second kappa shape index (κ2) is 5.01.